The van der Waals surface area contributed by atoms with Crippen LogP contribution in [-0.4, -0.2) is 35.6 Å². The normalized spacial score (nSPS) is 16.6. The molecule has 3 aromatic carbocycles. The minimum Gasteiger partial charge on any atom is -0.381 e. The Morgan fingerprint density at radius 3 is 2.38 bits per heavy atom. The lowest BCUT2D eigenvalue weighted by Gasteiger charge is -2.30. The van der Waals surface area contributed by atoms with E-state index in [9.17, 15) is 18.0 Å². The molecule has 1 aromatic heterocycles. The molecule has 37 heavy (non-hydrogen) atoms. The van der Waals surface area contributed by atoms with Crippen molar-refractivity contribution in [1.29, 1.82) is 0 Å². The number of likely N-dealkylation sites (N-methyl/N-ethyl adjacent to an activating group) is 1. The topological polar surface area (TPSA) is 49.3 Å². The van der Waals surface area contributed by atoms with E-state index in [1.807, 2.05) is 36.4 Å². The lowest BCUT2D eigenvalue weighted by molar-refractivity contribution is -0.138. The fourth-order valence-electron chi connectivity index (χ4n) is 4.97. The molecular weight excluding hydrogens is 477 g/mol. The number of alkyl halides is 3. The lowest BCUT2D eigenvalue weighted by Crippen LogP contribution is -2.39. The number of hydrogen-bond donors (Lipinski definition) is 2. The highest BCUT2D eigenvalue weighted by Gasteiger charge is 2.33. The number of pyridine rings is 1. The monoisotopic (exact) mass is 506 g/mol. The fraction of sp³-hybridized carbons (Fsp3) is 0.276. The van der Waals surface area contributed by atoms with Gasteiger partial charge in [0.05, 0.1) is 17.6 Å². The lowest BCUT2D eigenvalue weighted by atomic mass is 10.1. The van der Waals surface area contributed by atoms with Gasteiger partial charge in [0.15, 0.2) is 0 Å². The molecule has 1 fully saturated rings. The number of aromatic nitrogens is 1. The number of nitrogens with zero attached hydrogens (tertiary/aromatic N) is 2. The Bertz CT molecular complexity index is 1450. The van der Waals surface area contributed by atoms with Gasteiger partial charge in [-0.2, -0.15) is 13.2 Å². The first kappa shape index (κ1) is 24.9. The van der Waals surface area contributed by atoms with Gasteiger partial charge in [0.2, 0.25) is 0 Å². The molecule has 0 bridgehead atoms. The first-order valence-electron chi connectivity index (χ1n) is 12.4. The van der Waals surface area contributed by atoms with Crippen LogP contribution < -0.4 is 16.2 Å². The van der Waals surface area contributed by atoms with Gasteiger partial charge in [-0.05, 0) is 85.9 Å². The van der Waals surface area contributed by atoms with E-state index in [1.165, 1.54) is 29.2 Å². The molecule has 1 aliphatic heterocycles. The molecule has 0 aliphatic carbocycles. The van der Waals surface area contributed by atoms with E-state index in [2.05, 4.69) is 22.6 Å². The Hall–Kier alpha value is -3.78. The second kappa shape index (κ2) is 10.3. The van der Waals surface area contributed by atoms with E-state index in [0.717, 1.165) is 48.0 Å². The number of halogens is 3. The highest BCUT2D eigenvalue weighted by atomic mass is 19.4. The number of fused-ring (bicyclic) bond motifs is 1. The van der Waals surface area contributed by atoms with E-state index in [0.29, 0.717) is 11.6 Å². The smallest absolute Gasteiger partial charge is 0.381 e. The maximum Gasteiger partial charge on any atom is 0.416 e. The Kier molecular flexibility index (Phi) is 6.93. The molecule has 0 spiro atoms. The number of anilines is 3. The van der Waals surface area contributed by atoms with Crippen molar-refractivity contribution in [2.75, 3.05) is 30.8 Å². The van der Waals surface area contributed by atoms with Crippen LogP contribution in [0.25, 0.3) is 10.9 Å². The minimum atomic E-state index is -4.49. The molecule has 1 aliphatic rings. The second-order valence-electron chi connectivity index (χ2n) is 9.63. The standard InChI is InChI=1S/C29H29F3N4O/c1-35-16-4-6-25(19-35)34-23-13-11-22(12-14-23)33-24-10-8-20-9-15-28(37)36(27(20)17-24)18-21-5-2-3-7-26(21)29(30,31)32/h2-3,5,7-15,17,25,33-34H,4,6,16,18-19H2,1H3. The summed E-state index contributed by atoms with van der Waals surface area (Å²) in [4.78, 5) is 15.1. The number of likely N-dealkylation sites (tertiary alicyclic amines) is 1. The minimum absolute atomic E-state index is 0.0511. The van der Waals surface area contributed by atoms with Crippen LogP contribution in [0, 0.1) is 0 Å². The van der Waals surface area contributed by atoms with E-state index in [4.69, 9.17) is 0 Å². The third-order valence-corrected chi connectivity index (χ3v) is 6.81. The predicted molar refractivity (Wildman–Crippen MR) is 143 cm³/mol. The molecule has 2 heterocycles. The predicted octanol–water partition coefficient (Wildman–Crippen LogP) is 6.32. The molecule has 5 nitrogen and oxygen atoms in total. The third kappa shape index (κ3) is 5.80. The van der Waals surface area contributed by atoms with Crippen LogP contribution in [0.2, 0.25) is 0 Å². The van der Waals surface area contributed by atoms with E-state index < -0.39 is 11.7 Å². The Morgan fingerprint density at radius 1 is 0.919 bits per heavy atom. The van der Waals surface area contributed by atoms with Crippen molar-refractivity contribution in [3.05, 3.63) is 100 Å². The first-order chi connectivity index (χ1) is 17.8. The van der Waals surface area contributed by atoms with Crippen LogP contribution in [0.4, 0.5) is 30.2 Å². The molecule has 0 saturated carbocycles. The van der Waals surface area contributed by atoms with Crippen molar-refractivity contribution in [2.45, 2.75) is 31.6 Å². The van der Waals surface area contributed by atoms with Gasteiger partial charge in [-0.1, -0.05) is 24.3 Å². The van der Waals surface area contributed by atoms with Crippen LogP contribution in [0.1, 0.15) is 24.0 Å². The second-order valence-corrected chi connectivity index (χ2v) is 9.63. The average Bonchev–Trinajstić information content (AvgIpc) is 2.87. The van der Waals surface area contributed by atoms with Gasteiger partial charge in [0.1, 0.15) is 0 Å². The van der Waals surface area contributed by atoms with E-state index in [1.54, 1.807) is 18.2 Å². The summed E-state index contributed by atoms with van der Waals surface area (Å²) in [6.07, 6.45) is -2.16. The molecule has 8 heteroatoms. The number of rotatable bonds is 6. The van der Waals surface area contributed by atoms with Crippen molar-refractivity contribution in [1.82, 2.24) is 9.47 Å². The third-order valence-electron chi connectivity index (χ3n) is 6.81. The van der Waals surface area contributed by atoms with Crippen molar-refractivity contribution < 1.29 is 13.2 Å². The molecule has 1 saturated heterocycles. The summed E-state index contributed by atoms with van der Waals surface area (Å²) in [6.45, 7) is 1.98. The zero-order chi connectivity index (χ0) is 26.0. The maximum atomic E-state index is 13.5. The fourth-order valence-corrected chi connectivity index (χ4v) is 4.97. The number of piperidine rings is 1. The summed E-state index contributed by atoms with van der Waals surface area (Å²) in [5.41, 5.74) is 2.20. The summed E-state index contributed by atoms with van der Waals surface area (Å²) in [7, 11) is 2.14. The van der Waals surface area contributed by atoms with Crippen molar-refractivity contribution in [2.24, 2.45) is 0 Å². The van der Waals surface area contributed by atoms with Crippen molar-refractivity contribution in [3.63, 3.8) is 0 Å². The number of hydrogen-bond acceptors (Lipinski definition) is 4. The quantitative estimate of drug-likeness (QED) is 0.321. The molecule has 1 unspecified atom stereocenters. The summed E-state index contributed by atoms with van der Waals surface area (Å²) < 4.78 is 42.0. The Labute approximate surface area is 213 Å². The van der Waals surface area contributed by atoms with E-state index >= 15 is 0 Å². The molecule has 4 aromatic rings. The van der Waals surface area contributed by atoms with Crippen LogP contribution >= 0.6 is 0 Å². The zero-order valence-corrected chi connectivity index (χ0v) is 20.6. The molecule has 0 amide bonds. The highest BCUT2D eigenvalue weighted by Crippen LogP contribution is 2.32. The van der Waals surface area contributed by atoms with Gasteiger partial charge < -0.3 is 20.1 Å². The van der Waals surface area contributed by atoms with Crippen LogP contribution in [0.15, 0.2) is 83.7 Å². The Balaban J connectivity index is 1.38. The van der Waals surface area contributed by atoms with Gasteiger partial charge in [-0.25, -0.2) is 0 Å². The summed E-state index contributed by atoms with van der Waals surface area (Å²) in [6, 6.07) is 22.5. The van der Waals surface area contributed by atoms with Gasteiger partial charge in [-0.15, -0.1) is 0 Å². The zero-order valence-electron chi connectivity index (χ0n) is 20.6. The first-order valence-corrected chi connectivity index (χ1v) is 12.4. The maximum absolute atomic E-state index is 13.5. The largest absolute Gasteiger partial charge is 0.416 e. The molecule has 5 rings (SSSR count). The molecule has 192 valence electrons. The van der Waals surface area contributed by atoms with Gasteiger partial charge >= 0.3 is 6.18 Å². The van der Waals surface area contributed by atoms with Crippen molar-refractivity contribution in [3.8, 4) is 0 Å². The summed E-state index contributed by atoms with van der Waals surface area (Å²) >= 11 is 0. The number of benzene rings is 3. The van der Waals surface area contributed by atoms with Crippen LogP contribution in [-0.2, 0) is 12.7 Å². The molecule has 2 N–H and O–H groups in total. The molecule has 1 atom stereocenters. The van der Waals surface area contributed by atoms with Crippen LogP contribution in [0.3, 0.4) is 0 Å². The number of nitrogens with one attached hydrogen (secondary N) is 2. The van der Waals surface area contributed by atoms with E-state index in [-0.39, 0.29) is 17.7 Å². The Morgan fingerprint density at radius 2 is 1.62 bits per heavy atom. The van der Waals surface area contributed by atoms with Crippen LogP contribution in [0.5, 0.6) is 0 Å². The van der Waals surface area contributed by atoms with Crippen molar-refractivity contribution >= 4 is 28.0 Å². The summed E-state index contributed by atoms with van der Waals surface area (Å²) in [5.74, 6) is 0. The van der Waals surface area contributed by atoms with Gasteiger partial charge in [0, 0.05) is 35.7 Å². The average molecular weight is 507 g/mol. The molecule has 0 radical (unpaired) electrons. The summed E-state index contributed by atoms with van der Waals surface area (Å²) in [5, 5.41) is 7.71. The molecular formula is C29H29F3N4O. The van der Waals surface area contributed by atoms with Gasteiger partial charge in [0.25, 0.3) is 5.56 Å². The SMILES string of the molecule is CN1CCCC(Nc2ccc(Nc3ccc4ccc(=O)n(Cc5ccccc5C(F)(F)F)c4c3)cc2)C1. The van der Waals surface area contributed by atoms with Gasteiger partial charge in [-0.3, -0.25) is 4.79 Å². The highest BCUT2D eigenvalue weighted by molar-refractivity contribution is 5.84.